The molecule has 80 heavy (non-hydrogen) atoms. The number of unbranched alkanes of at least 4 members (excludes halogenated alkanes) is 42. The molecule has 0 saturated carbocycles. The van der Waals surface area contributed by atoms with Crippen LogP contribution in [-0.4, -0.2) is 110 Å². The van der Waals surface area contributed by atoms with Gasteiger partial charge in [0.1, 0.15) is 36.6 Å². The lowest BCUT2D eigenvalue weighted by Gasteiger charge is -2.40. The van der Waals surface area contributed by atoms with Gasteiger partial charge in [-0.2, -0.15) is 0 Å². The van der Waals surface area contributed by atoms with Gasteiger partial charge >= 0.3 is 0 Å². The molecule has 0 spiro atoms. The van der Waals surface area contributed by atoms with Crippen molar-refractivity contribution in [2.24, 2.45) is 0 Å². The predicted molar refractivity (Wildman–Crippen MR) is 335 cm³/mol. The Balaban J connectivity index is 2.24. The van der Waals surface area contributed by atoms with E-state index in [-0.39, 0.29) is 12.8 Å². The average Bonchev–Trinajstić information content (AvgIpc) is 3.47. The first-order valence-electron chi connectivity index (χ1n) is 34.4. The molecule has 11 nitrogen and oxygen atoms in total. The summed E-state index contributed by atoms with van der Waals surface area (Å²) in [7, 11) is 0. The fraction of sp³-hybridized carbons (Fsp3) is 0.899. The number of carbonyl (C=O) groups excluding carboxylic acids is 1. The number of carbonyl (C=O) groups is 1. The number of hydrogen-bond acceptors (Lipinski definition) is 10. The van der Waals surface area contributed by atoms with Crippen LogP contribution in [0.1, 0.15) is 328 Å². The third-order valence-electron chi connectivity index (χ3n) is 16.6. The van der Waals surface area contributed by atoms with Crippen molar-refractivity contribution in [1.82, 2.24) is 5.32 Å². The van der Waals surface area contributed by atoms with Crippen molar-refractivity contribution < 1.29 is 50.0 Å². The Labute approximate surface area is 492 Å². The number of rotatable bonds is 60. The summed E-state index contributed by atoms with van der Waals surface area (Å²) in [6, 6.07) is -1.20. The van der Waals surface area contributed by atoms with Gasteiger partial charge in [0, 0.05) is 0 Å². The summed E-state index contributed by atoms with van der Waals surface area (Å²) in [4.78, 5) is 13.2. The van der Waals surface area contributed by atoms with Crippen LogP contribution < -0.4 is 5.32 Å². The van der Waals surface area contributed by atoms with Gasteiger partial charge in [-0.3, -0.25) is 4.79 Å². The normalized spacial score (nSPS) is 19.4. The highest BCUT2D eigenvalue weighted by Crippen LogP contribution is 2.24. The quantitative estimate of drug-likeness (QED) is 0.0215. The third-order valence-corrected chi connectivity index (χ3v) is 16.6. The molecule has 472 valence electrons. The van der Waals surface area contributed by atoms with Crippen LogP contribution in [0.4, 0.5) is 0 Å². The molecule has 1 fully saturated rings. The van der Waals surface area contributed by atoms with Crippen LogP contribution in [0.2, 0.25) is 0 Å². The summed E-state index contributed by atoms with van der Waals surface area (Å²) in [6.45, 7) is 3.48. The smallest absolute Gasteiger partial charge is 0.249 e. The molecule has 0 radical (unpaired) electrons. The second kappa shape index (κ2) is 57.7. The fourth-order valence-corrected chi connectivity index (χ4v) is 11.1. The topological polar surface area (TPSA) is 189 Å². The lowest BCUT2D eigenvalue weighted by atomic mass is 9.98. The highest BCUT2D eigenvalue weighted by atomic mass is 16.7. The van der Waals surface area contributed by atoms with Crippen LogP contribution >= 0.6 is 0 Å². The van der Waals surface area contributed by atoms with Gasteiger partial charge in [0.15, 0.2) is 6.29 Å². The average molecular weight is 1130 g/mol. The molecule has 1 heterocycles. The van der Waals surface area contributed by atoms with Gasteiger partial charge in [-0.15, -0.1) is 0 Å². The van der Waals surface area contributed by atoms with Crippen LogP contribution in [0.15, 0.2) is 36.5 Å². The summed E-state index contributed by atoms with van der Waals surface area (Å²) >= 11 is 0. The Hall–Kier alpha value is -1.67. The summed E-state index contributed by atoms with van der Waals surface area (Å²) < 4.78 is 11.2. The van der Waals surface area contributed by atoms with Gasteiger partial charge in [0.25, 0.3) is 0 Å². The first kappa shape index (κ1) is 76.3. The number of nitrogens with one attached hydrogen (secondary N) is 1. The van der Waals surface area contributed by atoms with E-state index in [0.717, 1.165) is 57.8 Å². The van der Waals surface area contributed by atoms with E-state index in [4.69, 9.17) is 9.47 Å². The second-order valence-corrected chi connectivity index (χ2v) is 24.2. The molecule has 0 aromatic heterocycles. The molecule has 1 amide bonds. The lowest BCUT2D eigenvalue weighted by Crippen LogP contribution is -2.60. The van der Waals surface area contributed by atoms with Crippen molar-refractivity contribution in [3.63, 3.8) is 0 Å². The minimum Gasteiger partial charge on any atom is -0.394 e. The van der Waals surface area contributed by atoms with Crippen molar-refractivity contribution in [2.75, 3.05) is 13.2 Å². The van der Waals surface area contributed by atoms with Crippen molar-refractivity contribution in [3.8, 4) is 0 Å². The Bertz CT molecular complexity index is 1390. The molecule has 11 heteroatoms. The largest absolute Gasteiger partial charge is 0.394 e. The first-order valence-corrected chi connectivity index (χ1v) is 34.4. The zero-order chi connectivity index (χ0) is 58.2. The van der Waals surface area contributed by atoms with Crippen molar-refractivity contribution in [2.45, 2.75) is 384 Å². The molecule has 1 aliphatic rings. The van der Waals surface area contributed by atoms with Crippen molar-refractivity contribution >= 4 is 5.91 Å². The molecule has 0 aliphatic carbocycles. The molecule has 9 unspecified atom stereocenters. The second-order valence-electron chi connectivity index (χ2n) is 24.2. The summed E-state index contributed by atoms with van der Waals surface area (Å²) in [5.74, 6) is -0.711. The molecule has 8 N–H and O–H groups in total. The van der Waals surface area contributed by atoms with E-state index in [1.165, 1.54) is 225 Å². The maximum atomic E-state index is 13.2. The van der Waals surface area contributed by atoms with Gasteiger partial charge in [0.2, 0.25) is 5.91 Å². The van der Waals surface area contributed by atoms with Crippen molar-refractivity contribution in [3.05, 3.63) is 36.5 Å². The number of amides is 1. The Morgan fingerprint density at radius 2 is 0.750 bits per heavy atom. The fourth-order valence-electron chi connectivity index (χ4n) is 11.1. The molecular weight excluding hydrogens is 1000 g/mol. The van der Waals surface area contributed by atoms with Gasteiger partial charge in [-0.25, -0.2) is 0 Å². The molecular formula is C69H131NO10. The molecule has 0 aromatic carbocycles. The first-order chi connectivity index (χ1) is 39.2. The highest BCUT2D eigenvalue weighted by Gasteiger charge is 2.44. The highest BCUT2D eigenvalue weighted by molar-refractivity contribution is 5.80. The number of hydrogen-bond donors (Lipinski definition) is 8. The Kier molecular flexibility index (Phi) is 55.1. The third kappa shape index (κ3) is 44.8. The minimum atomic E-state index is -1.67. The van der Waals surface area contributed by atoms with Crippen molar-refractivity contribution in [1.29, 1.82) is 0 Å². The number of aliphatic hydroxyl groups is 7. The van der Waals surface area contributed by atoms with E-state index in [0.29, 0.717) is 19.3 Å². The zero-order valence-corrected chi connectivity index (χ0v) is 52.1. The Morgan fingerprint density at radius 3 is 1.11 bits per heavy atom. The van der Waals surface area contributed by atoms with Gasteiger partial charge in [-0.1, -0.05) is 288 Å². The predicted octanol–water partition coefficient (Wildman–Crippen LogP) is 16.2. The van der Waals surface area contributed by atoms with E-state index in [9.17, 15) is 40.5 Å². The van der Waals surface area contributed by atoms with Crippen LogP contribution in [0.5, 0.6) is 0 Å². The zero-order valence-electron chi connectivity index (χ0n) is 52.1. The minimum absolute atomic E-state index is 0.244. The maximum Gasteiger partial charge on any atom is 0.249 e. The van der Waals surface area contributed by atoms with E-state index in [1.807, 2.05) is 0 Å². The van der Waals surface area contributed by atoms with E-state index in [2.05, 4.69) is 55.6 Å². The molecule has 1 aliphatic heterocycles. The molecule has 0 aromatic rings. The SMILES string of the molecule is CCCCCCCCCCCCCC/C=C\CCCCCCCCC(O)C(=O)NC(COC1OC(CO)C(O)C(O)C1O)C(O)C(O)CCC/C=C/CC/C=C/CCCCCCCCCCCCCCCCCCCCCCCC. The van der Waals surface area contributed by atoms with Gasteiger partial charge < -0.3 is 50.5 Å². The summed E-state index contributed by atoms with van der Waals surface area (Å²) in [6.07, 6.45) is 62.3. The van der Waals surface area contributed by atoms with E-state index >= 15 is 0 Å². The van der Waals surface area contributed by atoms with Crippen LogP contribution in [0.25, 0.3) is 0 Å². The number of aliphatic hydroxyl groups excluding tert-OH is 7. The molecule has 9 atom stereocenters. The van der Waals surface area contributed by atoms with Crippen LogP contribution in [-0.2, 0) is 14.3 Å². The maximum absolute atomic E-state index is 13.2. The Morgan fingerprint density at radius 1 is 0.425 bits per heavy atom. The molecule has 0 bridgehead atoms. The molecule has 1 saturated heterocycles. The van der Waals surface area contributed by atoms with Gasteiger partial charge in [-0.05, 0) is 77.0 Å². The molecule has 1 rings (SSSR count). The number of allylic oxidation sites excluding steroid dienone is 6. The van der Waals surface area contributed by atoms with E-state index < -0.39 is 74.2 Å². The summed E-state index contributed by atoms with van der Waals surface area (Å²) in [5, 5.41) is 76.4. The van der Waals surface area contributed by atoms with Crippen LogP contribution in [0.3, 0.4) is 0 Å². The summed E-state index contributed by atoms with van der Waals surface area (Å²) in [5.41, 5.74) is 0. The lowest BCUT2D eigenvalue weighted by molar-refractivity contribution is -0.303. The standard InChI is InChI=1S/C69H131NO10/c1-3-5-7-9-11-13-15-17-19-21-23-25-27-28-29-30-31-32-33-34-35-37-38-40-42-44-46-48-50-52-54-56-61(72)64(74)60(59-79-69-67(77)66(76)65(75)63(58-71)80-69)70-68(78)62(73)57-55-53-51-49-47-45-43-41-39-36-26-24-22-20-18-16-14-12-10-8-6-4-2/h39-42,48,50,60-67,69,71-77H,3-38,43-47,49,51-59H2,1-2H3,(H,70,78)/b41-39-,42-40+,50-48+. The monoisotopic (exact) mass is 1130 g/mol. The van der Waals surface area contributed by atoms with Gasteiger partial charge in [0.05, 0.1) is 25.4 Å². The van der Waals surface area contributed by atoms with E-state index in [1.54, 1.807) is 0 Å². The van der Waals surface area contributed by atoms with Crippen LogP contribution in [0, 0.1) is 0 Å². The number of ether oxygens (including phenoxy) is 2.